The first-order valence-electron chi connectivity index (χ1n) is 7.64. The molecule has 0 bridgehead atoms. The molecule has 0 aliphatic carbocycles. The van der Waals surface area contributed by atoms with Crippen molar-refractivity contribution in [3.63, 3.8) is 0 Å². The fourth-order valence-corrected chi connectivity index (χ4v) is 2.86. The number of thiazole rings is 1. The number of nitrogens with zero attached hydrogens (tertiary/aromatic N) is 3. The van der Waals surface area contributed by atoms with Gasteiger partial charge < -0.3 is 20.3 Å². The highest BCUT2D eigenvalue weighted by Gasteiger charge is 2.14. The van der Waals surface area contributed by atoms with Crippen molar-refractivity contribution in [2.75, 3.05) is 11.9 Å². The predicted octanol–water partition coefficient (Wildman–Crippen LogP) is 3.11. The molecule has 0 saturated carbocycles. The quantitative estimate of drug-likeness (QED) is 0.622. The van der Waals surface area contributed by atoms with Crippen molar-refractivity contribution in [3.8, 4) is 11.5 Å². The van der Waals surface area contributed by atoms with E-state index in [1.165, 1.54) is 11.3 Å². The Kier molecular flexibility index (Phi) is 5.22. The molecule has 0 aromatic carbocycles. The number of hydrogen-bond acceptors (Lipinski definition) is 8. The van der Waals surface area contributed by atoms with E-state index in [9.17, 15) is 5.11 Å². The van der Waals surface area contributed by atoms with Gasteiger partial charge in [0.15, 0.2) is 16.7 Å². The number of ether oxygens (including phenoxy) is 1. The number of aliphatic hydroxyl groups excluding tert-OH is 2. The van der Waals surface area contributed by atoms with Crippen LogP contribution in [0.5, 0.6) is 11.5 Å². The third-order valence-corrected chi connectivity index (χ3v) is 4.21. The highest BCUT2D eigenvalue weighted by Crippen LogP contribution is 2.33. The van der Waals surface area contributed by atoms with Crippen molar-refractivity contribution < 1.29 is 14.9 Å². The van der Waals surface area contributed by atoms with Crippen LogP contribution >= 0.6 is 11.3 Å². The number of anilines is 2. The second-order valence-corrected chi connectivity index (χ2v) is 6.31. The molecule has 3 N–H and O–H groups in total. The summed E-state index contributed by atoms with van der Waals surface area (Å²) in [5, 5.41) is 24.0. The minimum Gasteiger partial charge on any atom is -0.452 e. The van der Waals surface area contributed by atoms with Gasteiger partial charge in [-0.1, -0.05) is 0 Å². The van der Waals surface area contributed by atoms with E-state index in [4.69, 9.17) is 9.84 Å². The molecule has 1 unspecified atom stereocenters. The number of nitrogens with one attached hydrogen (secondary N) is 1. The molecule has 0 saturated heterocycles. The number of pyridine rings is 2. The highest BCUT2D eigenvalue weighted by molar-refractivity contribution is 7.13. The summed E-state index contributed by atoms with van der Waals surface area (Å²) in [5.41, 5.74) is 2.14. The zero-order valence-electron chi connectivity index (χ0n) is 13.8. The van der Waals surface area contributed by atoms with E-state index in [1.807, 2.05) is 32.0 Å². The molecule has 3 aromatic rings. The predicted molar refractivity (Wildman–Crippen MR) is 95.5 cm³/mol. The standard InChI is InChI=1S/C17H18N4O3S/c1-10-6-15(24-14-4-3-5-18-11(14)2)16(19-7-10)21-17-20-12(9-25-17)13(23)8-22/h3-7,9,13,22-23H,8H2,1-2H3,(H,19,20,21). The molecule has 0 amide bonds. The Morgan fingerprint density at radius 1 is 1.28 bits per heavy atom. The van der Waals surface area contributed by atoms with Gasteiger partial charge in [0.1, 0.15) is 11.9 Å². The van der Waals surface area contributed by atoms with Crippen molar-refractivity contribution in [2.45, 2.75) is 20.0 Å². The summed E-state index contributed by atoms with van der Waals surface area (Å²) >= 11 is 1.31. The van der Waals surface area contributed by atoms with Gasteiger partial charge in [0.2, 0.25) is 0 Å². The lowest BCUT2D eigenvalue weighted by atomic mass is 10.3. The van der Waals surface area contributed by atoms with Crippen molar-refractivity contribution in [2.24, 2.45) is 0 Å². The molecule has 3 rings (SSSR count). The minimum atomic E-state index is -0.994. The third-order valence-electron chi connectivity index (χ3n) is 3.43. The summed E-state index contributed by atoms with van der Waals surface area (Å²) in [7, 11) is 0. The van der Waals surface area contributed by atoms with Crippen LogP contribution < -0.4 is 10.1 Å². The zero-order chi connectivity index (χ0) is 17.8. The Morgan fingerprint density at radius 3 is 2.88 bits per heavy atom. The van der Waals surface area contributed by atoms with Crippen LogP contribution in [-0.2, 0) is 0 Å². The van der Waals surface area contributed by atoms with E-state index in [2.05, 4.69) is 20.3 Å². The Labute approximate surface area is 149 Å². The third kappa shape index (κ3) is 4.11. The fraction of sp³-hybridized carbons (Fsp3) is 0.235. The molecule has 3 heterocycles. The van der Waals surface area contributed by atoms with Gasteiger partial charge in [-0.3, -0.25) is 4.98 Å². The Bertz CT molecular complexity index is 869. The average molecular weight is 358 g/mol. The van der Waals surface area contributed by atoms with Gasteiger partial charge in [-0.25, -0.2) is 9.97 Å². The zero-order valence-corrected chi connectivity index (χ0v) is 14.6. The van der Waals surface area contributed by atoms with Crippen LogP contribution in [-0.4, -0.2) is 31.8 Å². The summed E-state index contributed by atoms with van der Waals surface area (Å²) in [6.07, 6.45) is 2.44. The summed E-state index contributed by atoms with van der Waals surface area (Å²) in [6, 6.07) is 5.52. The summed E-state index contributed by atoms with van der Waals surface area (Å²) in [6.45, 7) is 3.43. The largest absolute Gasteiger partial charge is 0.452 e. The first-order chi connectivity index (χ1) is 12.1. The molecule has 3 aromatic heterocycles. The van der Waals surface area contributed by atoms with E-state index in [1.54, 1.807) is 17.8 Å². The lowest BCUT2D eigenvalue weighted by Crippen LogP contribution is -2.03. The number of rotatable bonds is 6. The van der Waals surface area contributed by atoms with Crippen LogP contribution in [0.2, 0.25) is 0 Å². The molecule has 8 heteroatoms. The summed E-state index contributed by atoms with van der Waals surface area (Å²) in [4.78, 5) is 12.8. The second kappa shape index (κ2) is 7.56. The minimum absolute atomic E-state index is 0.374. The van der Waals surface area contributed by atoms with Crippen LogP contribution in [0.4, 0.5) is 10.9 Å². The first-order valence-corrected chi connectivity index (χ1v) is 8.52. The van der Waals surface area contributed by atoms with E-state index in [-0.39, 0.29) is 6.61 Å². The van der Waals surface area contributed by atoms with Gasteiger partial charge in [-0.2, -0.15) is 0 Å². The second-order valence-electron chi connectivity index (χ2n) is 5.45. The maximum Gasteiger partial charge on any atom is 0.188 e. The van der Waals surface area contributed by atoms with E-state index in [0.717, 1.165) is 11.3 Å². The topological polar surface area (TPSA) is 100 Å². The molecule has 0 aliphatic heterocycles. The van der Waals surface area contributed by atoms with Gasteiger partial charge in [0.05, 0.1) is 18.0 Å². The maximum absolute atomic E-state index is 9.64. The molecule has 130 valence electrons. The molecule has 0 spiro atoms. The lowest BCUT2D eigenvalue weighted by Gasteiger charge is -2.12. The molecular formula is C17H18N4O3S. The molecule has 1 atom stereocenters. The summed E-state index contributed by atoms with van der Waals surface area (Å²) < 4.78 is 5.97. The number of aryl methyl sites for hydroxylation is 2. The van der Waals surface area contributed by atoms with Crippen molar-refractivity contribution in [3.05, 3.63) is 52.9 Å². The summed E-state index contributed by atoms with van der Waals surface area (Å²) in [5.74, 6) is 1.71. The number of aromatic nitrogens is 3. The van der Waals surface area contributed by atoms with E-state index >= 15 is 0 Å². The molecule has 7 nitrogen and oxygen atoms in total. The van der Waals surface area contributed by atoms with Gasteiger partial charge in [-0.15, -0.1) is 11.3 Å². The van der Waals surface area contributed by atoms with Crippen molar-refractivity contribution >= 4 is 22.3 Å². The number of hydrogen-bond donors (Lipinski definition) is 3. The monoisotopic (exact) mass is 358 g/mol. The SMILES string of the molecule is Cc1cnc(Nc2nc(C(O)CO)cs2)c(Oc2cccnc2C)c1. The van der Waals surface area contributed by atoms with E-state index in [0.29, 0.717) is 28.1 Å². The average Bonchev–Trinajstić information content (AvgIpc) is 3.07. The first kappa shape index (κ1) is 17.3. The molecule has 25 heavy (non-hydrogen) atoms. The maximum atomic E-state index is 9.64. The van der Waals surface area contributed by atoms with Crippen LogP contribution in [0.3, 0.4) is 0 Å². The van der Waals surface area contributed by atoms with Crippen LogP contribution in [0.15, 0.2) is 36.0 Å². The lowest BCUT2D eigenvalue weighted by molar-refractivity contribution is 0.0928. The Morgan fingerprint density at radius 2 is 2.12 bits per heavy atom. The van der Waals surface area contributed by atoms with Gasteiger partial charge in [-0.05, 0) is 37.6 Å². The highest BCUT2D eigenvalue weighted by atomic mass is 32.1. The Hall–Kier alpha value is -2.55. The Balaban J connectivity index is 1.86. The molecular weight excluding hydrogens is 340 g/mol. The molecule has 0 aliphatic rings. The molecule has 0 fully saturated rings. The van der Waals surface area contributed by atoms with E-state index < -0.39 is 6.10 Å². The van der Waals surface area contributed by atoms with Crippen molar-refractivity contribution in [1.29, 1.82) is 0 Å². The van der Waals surface area contributed by atoms with Crippen LogP contribution in [0.25, 0.3) is 0 Å². The van der Waals surface area contributed by atoms with Gasteiger partial charge >= 0.3 is 0 Å². The van der Waals surface area contributed by atoms with Crippen molar-refractivity contribution in [1.82, 2.24) is 15.0 Å². The van der Waals surface area contributed by atoms with Gasteiger partial charge in [0.25, 0.3) is 0 Å². The van der Waals surface area contributed by atoms with Gasteiger partial charge in [0, 0.05) is 17.8 Å². The number of aliphatic hydroxyl groups is 2. The smallest absolute Gasteiger partial charge is 0.188 e. The van der Waals surface area contributed by atoms with Crippen LogP contribution in [0.1, 0.15) is 23.1 Å². The normalized spacial score (nSPS) is 12.0. The molecule has 0 radical (unpaired) electrons. The van der Waals surface area contributed by atoms with Crippen LogP contribution in [0, 0.1) is 13.8 Å². The fourth-order valence-electron chi connectivity index (χ4n) is 2.10.